The van der Waals surface area contributed by atoms with Crippen LogP contribution in [-0.4, -0.2) is 69.0 Å². The third kappa shape index (κ3) is 38.1. The number of quaternary nitrogens is 1. The van der Waals surface area contributed by atoms with Gasteiger partial charge in [-0.25, -0.2) is 4.57 Å². The first-order valence-corrected chi connectivity index (χ1v) is 22.0. The predicted octanol–water partition coefficient (Wildman–Crippen LogP) is 11.8. The number of phosphoric ester groups is 1. The van der Waals surface area contributed by atoms with Crippen molar-refractivity contribution in [3.8, 4) is 0 Å². The highest BCUT2D eigenvalue weighted by molar-refractivity contribution is 7.47. The molecule has 0 spiro atoms. The van der Waals surface area contributed by atoms with Crippen LogP contribution in [0.1, 0.15) is 187 Å². The van der Waals surface area contributed by atoms with Crippen LogP contribution < -0.4 is 0 Å². The van der Waals surface area contributed by atoms with Crippen molar-refractivity contribution < 1.29 is 37.3 Å². The molecule has 0 aromatic heterocycles. The largest absolute Gasteiger partial charge is 0.498 e. The normalized spacial score (nSPS) is 13.9. The number of allylic oxidation sites excluding steroid dienone is 1. The van der Waals surface area contributed by atoms with Gasteiger partial charge in [-0.1, -0.05) is 162 Å². The molecule has 8 nitrogen and oxygen atoms in total. The van der Waals surface area contributed by atoms with Crippen molar-refractivity contribution in [1.82, 2.24) is 0 Å². The quantitative estimate of drug-likeness (QED) is 0.0223. The second kappa shape index (κ2) is 34.2. The first kappa shape index (κ1) is 48.1. The van der Waals surface area contributed by atoms with Crippen LogP contribution in [0.5, 0.6) is 0 Å². The van der Waals surface area contributed by atoms with E-state index in [9.17, 15) is 14.3 Å². The molecule has 49 heavy (non-hydrogen) atoms. The number of hydrogen-bond acceptors (Lipinski definition) is 6. The summed E-state index contributed by atoms with van der Waals surface area (Å²) in [7, 11) is 1.64. The van der Waals surface area contributed by atoms with Gasteiger partial charge in [0.2, 0.25) is 0 Å². The van der Waals surface area contributed by atoms with E-state index in [1.807, 2.05) is 27.2 Å². The van der Waals surface area contributed by atoms with E-state index in [0.717, 1.165) is 32.1 Å². The van der Waals surface area contributed by atoms with Gasteiger partial charge in [0, 0.05) is 6.42 Å². The fourth-order valence-electron chi connectivity index (χ4n) is 5.69. The number of likely N-dealkylation sites (N-methyl/N-ethyl adjacent to an activating group) is 1. The molecular weight excluding hydrogens is 637 g/mol. The summed E-state index contributed by atoms with van der Waals surface area (Å²) in [5.74, 6) is -0.337. The smallest absolute Gasteiger partial charge is 0.472 e. The summed E-state index contributed by atoms with van der Waals surface area (Å²) in [4.78, 5) is 22.7. The van der Waals surface area contributed by atoms with Crippen molar-refractivity contribution in [2.75, 3.05) is 47.5 Å². The molecule has 0 heterocycles. The van der Waals surface area contributed by atoms with Gasteiger partial charge in [0.15, 0.2) is 6.10 Å². The summed E-state index contributed by atoms with van der Waals surface area (Å²) in [6.07, 6.45) is 36.3. The van der Waals surface area contributed by atoms with E-state index < -0.39 is 13.9 Å². The predicted molar refractivity (Wildman–Crippen MR) is 206 cm³/mol. The van der Waals surface area contributed by atoms with Crippen molar-refractivity contribution in [2.45, 2.75) is 193 Å². The number of ether oxygens (including phenoxy) is 2. The van der Waals surface area contributed by atoms with Crippen molar-refractivity contribution in [3.63, 3.8) is 0 Å². The minimum absolute atomic E-state index is 0.0534. The van der Waals surface area contributed by atoms with Crippen LogP contribution in [0.15, 0.2) is 12.3 Å². The first-order valence-electron chi connectivity index (χ1n) is 20.5. The van der Waals surface area contributed by atoms with Crippen LogP contribution in [0.4, 0.5) is 0 Å². The molecule has 292 valence electrons. The summed E-state index contributed by atoms with van der Waals surface area (Å²) in [5, 5.41) is 0. The Morgan fingerprint density at radius 3 is 1.51 bits per heavy atom. The minimum atomic E-state index is -4.28. The number of phosphoric acid groups is 1. The van der Waals surface area contributed by atoms with Crippen molar-refractivity contribution in [2.24, 2.45) is 0 Å². The Morgan fingerprint density at radius 1 is 0.633 bits per heavy atom. The molecule has 0 aliphatic rings. The number of esters is 1. The molecule has 0 saturated carbocycles. The minimum Gasteiger partial charge on any atom is -0.498 e. The maximum atomic E-state index is 12.6. The molecule has 0 aliphatic carbocycles. The molecule has 2 atom stereocenters. The van der Waals surface area contributed by atoms with Crippen LogP contribution in [0.2, 0.25) is 0 Å². The van der Waals surface area contributed by atoms with Crippen LogP contribution >= 0.6 is 7.82 Å². The van der Waals surface area contributed by atoms with E-state index >= 15 is 0 Å². The van der Waals surface area contributed by atoms with Crippen LogP contribution in [-0.2, 0) is 27.9 Å². The Bertz CT molecular complexity index is 802. The van der Waals surface area contributed by atoms with Gasteiger partial charge in [-0.2, -0.15) is 0 Å². The zero-order valence-electron chi connectivity index (χ0n) is 32.9. The Balaban J connectivity index is 4.21. The first-order chi connectivity index (χ1) is 23.6. The molecular formula is C40H81NO7P+. The Labute approximate surface area is 303 Å². The maximum Gasteiger partial charge on any atom is 0.472 e. The zero-order valence-corrected chi connectivity index (χ0v) is 33.8. The molecule has 0 amide bonds. The molecule has 0 fully saturated rings. The lowest BCUT2D eigenvalue weighted by Gasteiger charge is -2.24. The molecule has 0 aliphatic heterocycles. The lowest BCUT2D eigenvalue weighted by Crippen LogP contribution is -2.37. The van der Waals surface area contributed by atoms with E-state index in [1.165, 1.54) is 135 Å². The topological polar surface area (TPSA) is 91.3 Å². The van der Waals surface area contributed by atoms with Crippen LogP contribution in [0.3, 0.4) is 0 Å². The van der Waals surface area contributed by atoms with Crippen molar-refractivity contribution in [3.05, 3.63) is 12.3 Å². The average molecular weight is 719 g/mol. The zero-order chi connectivity index (χ0) is 36.3. The highest BCUT2D eigenvalue weighted by atomic mass is 31.2. The van der Waals surface area contributed by atoms with E-state index in [1.54, 1.807) is 6.26 Å². The molecule has 9 heteroatoms. The lowest BCUT2D eigenvalue weighted by molar-refractivity contribution is -0.870. The lowest BCUT2D eigenvalue weighted by atomic mass is 10.0. The van der Waals surface area contributed by atoms with Gasteiger partial charge >= 0.3 is 13.8 Å². The van der Waals surface area contributed by atoms with Crippen molar-refractivity contribution >= 4 is 13.8 Å². The third-order valence-corrected chi connectivity index (χ3v) is 9.91. The summed E-state index contributed by atoms with van der Waals surface area (Å²) in [6, 6.07) is 0. The van der Waals surface area contributed by atoms with Gasteiger partial charge in [0.05, 0.1) is 34.0 Å². The molecule has 0 radical (unpaired) electrons. The Hall–Kier alpha value is -0.920. The number of unbranched alkanes of at least 4 members (excludes halogenated alkanes) is 24. The molecule has 0 aromatic carbocycles. The fourth-order valence-corrected chi connectivity index (χ4v) is 6.44. The monoisotopic (exact) mass is 719 g/mol. The van der Waals surface area contributed by atoms with Gasteiger partial charge in [-0.3, -0.25) is 13.8 Å². The number of hydrogen-bond donors (Lipinski definition) is 1. The van der Waals surface area contributed by atoms with Crippen molar-refractivity contribution in [1.29, 1.82) is 0 Å². The second-order valence-electron chi connectivity index (χ2n) is 15.1. The summed E-state index contributed by atoms with van der Waals surface area (Å²) in [5.41, 5.74) is 0. The van der Waals surface area contributed by atoms with Gasteiger partial charge in [0.1, 0.15) is 19.8 Å². The molecule has 0 aromatic rings. The highest BCUT2D eigenvalue weighted by Crippen LogP contribution is 2.43. The Morgan fingerprint density at radius 2 is 1.06 bits per heavy atom. The van der Waals surface area contributed by atoms with E-state index in [4.69, 9.17) is 18.5 Å². The summed E-state index contributed by atoms with van der Waals surface area (Å²) >= 11 is 0. The molecule has 0 bridgehead atoms. The van der Waals surface area contributed by atoms with Gasteiger partial charge in [-0.05, 0) is 25.3 Å². The highest BCUT2D eigenvalue weighted by Gasteiger charge is 2.26. The fraction of sp³-hybridized carbons (Fsp3) is 0.925. The second-order valence-corrected chi connectivity index (χ2v) is 16.6. The maximum absolute atomic E-state index is 12.6. The van der Waals surface area contributed by atoms with Gasteiger partial charge in [0.25, 0.3) is 0 Å². The number of carbonyl (C=O) groups excluding carboxylic acids is 1. The summed E-state index contributed by atoms with van der Waals surface area (Å²) in [6.45, 7) is 4.93. The van der Waals surface area contributed by atoms with Gasteiger partial charge in [-0.15, -0.1) is 0 Å². The van der Waals surface area contributed by atoms with Crippen LogP contribution in [0.25, 0.3) is 0 Å². The number of carbonyl (C=O) groups is 1. The van der Waals surface area contributed by atoms with E-state index in [-0.39, 0.29) is 25.8 Å². The SMILES string of the molecule is CCCCCCCCCCCCCCCCCC/C=C\OC[C@H](COP(=O)(O)OCC[N+](C)(C)C)OC(=O)CCCCCCCCCCC. The third-order valence-electron chi connectivity index (χ3n) is 8.92. The number of rotatable bonds is 38. The molecule has 1 unspecified atom stereocenters. The average Bonchev–Trinajstić information content (AvgIpc) is 3.04. The molecule has 0 rings (SSSR count). The molecule has 0 saturated heterocycles. The van der Waals surface area contributed by atoms with E-state index in [0.29, 0.717) is 17.4 Å². The van der Waals surface area contributed by atoms with E-state index in [2.05, 4.69) is 13.8 Å². The Kier molecular flexibility index (Phi) is 33.5. The number of nitrogens with zero attached hydrogens (tertiary/aromatic N) is 1. The molecule has 1 N–H and O–H groups in total. The van der Waals surface area contributed by atoms with Crippen LogP contribution in [0, 0.1) is 0 Å². The standard InChI is InChI=1S/C40H80NO7P/c1-6-8-10-12-14-16-17-18-19-20-21-22-23-24-26-28-30-32-35-45-37-39(38-47-49(43,44)46-36-34-41(3,4)5)48-40(42)33-31-29-27-25-15-13-11-9-7-2/h32,35,39H,6-31,33-34,36-38H2,1-5H3/p+1/b35-32-/t39-/m1/s1. The van der Waals surface area contributed by atoms with Gasteiger partial charge < -0.3 is 18.9 Å². The summed E-state index contributed by atoms with van der Waals surface area (Å²) < 4.78 is 34.6.